The maximum Gasteiger partial charge on any atom is 0.397 e. The molecule has 1 fully saturated rings. The summed E-state index contributed by atoms with van der Waals surface area (Å²) >= 11 is 0. The minimum absolute atomic E-state index is 0.260. The van der Waals surface area contributed by atoms with Crippen LogP contribution >= 0.6 is 0 Å². The van der Waals surface area contributed by atoms with Crippen molar-refractivity contribution in [2.75, 3.05) is 13.2 Å². The number of rotatable bonds is 53. The van der Waals surface area contributed by atoms with Crippen LogP contribution in [0.2, 0.25) is 0 Å². The maximum absolute atomic E-state index is 13.1. The molecule has 0 aliphatic carbocycles. The van der Waals surface area contributed by atoms with Crippen molar-refractivity contribution in [2.24, 2.45) is 0 Å². The lowest BCUT2D eigenvalue weighted by Crippen LogP contribution is -2.61. The summed E-state index contributed by atoms with van der Waals surface area (Å²) in [6.45, 7) is 3.42. The van der Waals surface area contributed by atoms with Gasteiger partial charge in [-0.25, -0.2) is 4.18 Å². The molecule has 7 unspecified atom stereocenters. The fourth-order valence-corrected chi connectivity index (χ4v) is 10.2. The average Bonchev–Trinajstić information content (AvgIpc) is 3.37. The van der Waals surface area contributed by atoms with Crippen molar-refractivity contribution in [2.45, 2.75) is 326 Å². The highest BCUT2D eigenvalue weighted by Crippen LogP contribution is 2.26. The monoisotopic (exact) mass is 1060 g/mol. The molecule has 430 valence electrons. The minimum Gasteiger partial charge on any atom is -0.394 e. The van der Waals surface area contributed by atoms with Crippen LogP contribution in [0, 0.1) is 0 Å². The van der Waals surface area contributed by atoms with E-state index >= 15 is 0 Å². The predicted octanol–water partition coefficient (Wildman–Crippen LogP) is 14.6. The standard InChI is InChI=1S/C60H113NO11S/c1-3-5-7-9-11-13-15-17-19-20-21-22-23-24-25-26-27-28-29-30-31-32-33-34-36-38-40-42-44-46-48-50-56(64)61-53(52-70-60-58(66)59(72-73(67,68)69)57(65)55(51-62)71-60)54(63)49-47-45-43-41-39-37-35-18-16-14-12-10-8-6-4-2/h21-22,24-25,47,49,53-55,57-60,62-63,65-66H,3-20,23,26-46,48,50-52H2,1-2H3,(H,61,64)(H,67,68,69)/b22-21-,25-24-,49-47+. The van der Waals surface area contributed by atoms with E-state index in [1.165, 1.54) is 212 Å². The largest absolute Gasteiger partial charge is 0.397 e. The van der Waals surface area contributed by atoms with Crippen molar-refractivity contribution in [1.29, 1.82) is 0 Å². The summed E-state index contributed by atoms with van der Waals surface area (Å²) in [5, 5.41) is 44.9. The van der Waals surface area contributed by atoms with Crippen LogP contribution in [-0.4, -0.2) is 95.4 Å². The van der Waals surface area contributed by atoms with Crippen LogP contribution in [-0.2, 0) is 28.9 Å². The Morgan fingerprint density at radius 1 is 0.548 bits per heavy atom. The smallest absolute Gasteiger partial charge is 0.394 e. The first-order valence-corrected chi connectivity index (χ1v) is 31.7. The first-order chi connectivity index (χ1) is 35.5. The zero-order valence-corrected chi connectivity index (χ0v) is 47.5. The number of allylic oxidation sites excluding steroid dienone is 5. The van der Waals surface area contributed by atoms with E-state index in [9.17, 15) is 38.2 Å². The summed E-state index contributed by atoms with van der Waals surface area (Å²) in [7, 11) is -5.09. The van der Waals surface area contributed by atoms with Crippen LogP contribution in [0.1, 0.15) is 284 Å². The highest BCUT2D eigenvalue weighted by Gasteiger charge is 2.48. The predicted molar refractivity (Wildman–Crippen MR) is 301 cm³/mol. The van der Waals surface area contributed by atoms with Gasteiger partial charge in [-0.1, -0.05) is 262 Å². The molecular weight excluding hydrogens is 943 g/mol. The lowest BCUT2D eigenvalue weighted by atomic mass is 9.99. The molecule has 12 nitrogen and oxygen atoms in total. The van der Waals surface area contributed by atoms with Gasteiger partial charge < -0.3 is 35.2 Å². The van der Waals surface area contributed by atoms with Gasteiger partial charge in [0.25, 0.3) is 0 Å². The lowest BCUT2D eigenvalue weighted by molar-refractivity contribution is -0.298. The molecule has 0 bridgehead atoms. The third kappa shape index (κ3) is 42.1. The van der Waals surface area contributed by atoms with E-state index in [2.05, 4.69) is 47.7 Å². The fourth-order valence-electron chi connectivity index (χ4n) is 9.72. The molecule has 13 heteroatoms. The van der Waals surface area contributed by atoms with Gasteiger partial charge in [0.1, 0.15) is 24.4 Å². The minimum atomic E-state index is -5.09. The number of carbonyl (C=O) groups is 1. The molecule has 1 amide bonds. The van der Waals surface area contributed by atoms with Crippen molar-refractivity contribution >= 4 is 16.3 Å². The van der Waals surface area contributed by atoms with E-state index in [1.54, 1.807) is 6.08 Å². The molecule has 1 aliphatic heterocycles. The Bertz CT molecular complexity index is 1430. The number of unbranched alkanes of at least 4 members (excludes halogenated alkanes) is 37. The van der Waals surface area contributed by atoms with Crippen LogP contribution in [0.4, 0.5) is 0 Å². The third-order valence-corrected chi connectivity index (χ3v) is 14.9. The lowest BCUT2D eigenvalue weighted by Gasteiger charge is -2.41. The molecule has 0 aromatic carbocycles. The molecule has 73 heavy (non-hydrogen) atoms. The van der Waals surface area contributed by atoms with Gasteiger partial charge >= 0.3 is 10.4 Å². The molecule has 1 aliphatic rings. The van der Waals surface area contributed by atoms with E-state index in [0.29, 0.717) is 6.42 Å². The van der Waals surface area contributed by atoms with Crippen LogP contribution in [0.5, 0.6) is 0 Å². The molecule has 1 heterocycles. The van der Waals surface area contributed by atoms with Crippen molar-refractivity contribution in [3.8, 4) is 0 Å². The summed E-state index contributed by atoms with van der Waals surface area (Å²) < 4.78 is 47.8. The second-order valence-corrected chi connectivity index (χ2v) is 22.3. The number of ether oxygens (including phenoxy) is 2. The zero-order chi connectivity index (χ0) is 53.3. The first kappa shape index (κ1) is 69.3. The van der Waals surface area contributed by atoms with Crippen molar-refractivity contribution < 1.29 is 51.8 Å². The molecule has 1 rings (SSSR count). The van der Waals surface area contributed by atoms with E-state index in [1.807, 2.05) is 6.08 Å². The Kier molecular flexibility index (Phi) is 47.4. The number of hydrogen-bond donors (Lipinski definition) is 6. The number of hydrogen-bond acceptors (Lipinski definition) is 10. The molecule has 0 spiro atoms. The third-order valence-electron chi connectivity index (χ3n) is 14.4. The van der Waals surface area contributed by atoms with Gasteiger partial charge in [-0.3, -0.25) is 9.35 Å². The van der Waals surface area contributed by atoms with Gasteiger partial charge in [-0.15, -0.1) is 0 Å². The van der Waals surface area contributed by atoms with E-state index in [-0.39, 0.29) is 18.9 Å². The average molecular weight is 1060 g/mol. The van der Waals surface area contributed by atoms with E-state index < -0.39 is 59.9 Å². The van der Waals surface area contributed by atoms with E-state index in [4.69, 9.17) is 9.47 Å². The van der Waals surface area contributed by atoms with Gasteiger partial charge in [0.05, 0.1) is 25.4 Å². The molecule has 1 saturated heterocycles. The van der Waals surface area contributed by atoms with E-state index in [0.717, 1.165) is 44.9 Å². The summed E-state index contributed by atoms with van der Waals surface area (Å²) in [6.07, 6.45) is 54.9. The van der Waals surface area contributed by atoms with Gasteiger partial charge in [-0.2, -0.15) is 8.42 Å². The summed E-state index contributed by atoms with van der Waals surface area (Å²) in [6, 6.07) is -0.944. The van der Waals surface area contributed by atoms with Gasteiger partial charge in [0, 0.05) is 6.42 Å². The van der Waals surface area contributed by atoms with Crippen LogP contribution < -0.4 is 5.32 Å². The molecule has 0 saturated carbocycles. The molecule has 7 atom stereocenters. The highest BCUT2D eigenvalue weighted by atomic mass is 32.3. The molecule has 0 aromatic heterocycles. The number of aliphatic hydroxyl groups excluding tert-OH is 4. The molecule has 0 aromatic rings. The summed E-state index contributed by atoms with van der Waals surface area (Å²) in [4.78, 5) is 13.1. The van der Waals surface area contributed by atoms with Crippen LogP contribution in [0.25, 0.3) is 0 Å². The van der Waals surface area contributed by atoms with Crippen molar-refractivity contribution in [1.82, 2.24) is 5.32 Å². The Morgan fingerprint density at radius 2 is 0.918 bits per heavy atom. The Balaban J connectivity index is 2.27. The van der Waals surface area contributed by atoms with Gasteiger partial charge in [-0.05, 0) is 51.4 Å². The van der Waals surface area contributed by atoms with Crippen LogP contribution in [0.15, 0.2) is 36.5 Å². The normalized spacial score (nSPS) is 19.5. The first-order valence-electron chi connectivity index (χ1n) is 30.4. The topological polar surface area (TPSA) is 192 Å². The van der Waals surface area contributed by atoms with Crippen molar-refractivity contribution in [3.05, 3.63) is 36.5 Å². The fraction of sp³-hybridized carbons (Fsp3) is 0.883. The summed E-state index contributed by atoms with van der Waals surface area (Å²) in [5.41, 5.74) is 0. The Morgan fingerprint density at radius 3 is 1.30 bits per heavy atom. The number of amides is 1. The van der Waals surface area contributed by atoms with Crippen LogP contribution in [0.3, 0.4) is 0 Å². The maximum atomic E-state index is 13.1. The zero-order valence-electron chi connectivity index (χ0n) is 46.7. The quantitative estimate of drug-likeness (QED) is 0.0193. The second kappa shape index (κ2) is 49.9. The SMILES string of the molecule is CCCCCCCCCCC/C=C\C/C=C\CCCCCCCCCCCCCCCCCC(=O)NC(COC1OC(CO)C(O)C(OS(=O)(=O)O)C1O)C(O)/C=C/CCCCCCCCCCCCCCC. The molecule has 6 N–H and O–H groups in total. The number of nitrogens with one attached hydrogen (secondary N) is 1. The Labute approximate surface area is 447 Å². The second-order valence-electron chi connectivity index (χ2n) is 21.3. The highest BCUT2D eigenvalue weighted by molar-refractivity contribution is 7.80. The van der Waals surface area contributed by atoms with Gasteiger partial charge in [0.2, 0.25) is 5.91 Å². The van der Waals surface area contributed by atoms with Crippen molar-refractivity contribution in [3.63, 3.8) is 0 Å². The van der Waals surface area contributed by atoms with Gasteiger partial charge in [0.15, 0.2) is 6.29 Å². The summed E-state index contributed by atoms with van der Waals surface area (Å²) in [5.74, 6) is -0.260. The Hall–Kier alpha value is -1.68. The number of carbonyl (C=O) groups excluding carboxylic acids is 1. The number of aliphatic hydroxyl groups is 4. The molecule has 0 radical (unpaired) electrons. The molecular formula is C60H113NO11S.